The average molecular weight is 371 g/mol. The molecule has 1 saturated heterocycles. The number of nitro benzene ring substituents is 1. The van der Waals surface area contributed by atoms with E-state index in [0.717, 1.165) is 38.4 Å². The summed E-state index contributed by atoms with van der Waals surface area (Å²) in [6, 6.07) is 5.80. The molecular formula is C17H27ClN4O3. The van der Waals surface area contributed by atoms with Crippen LogP contribution in [0.25, 0.3) is 0 Å². The molecule has 2 rings (SSSR count). The fourth-order valence-corrected chi connectivity index (χ4v) is 3.09. The summed E-state index contributed by atoms with van der Waals surface area (Å²) < 4.78 is 0. The summed E-state index contributed by atoms with van der Waals surface area (Å²) >= 11 is 0. The summed E-state index contributed by atoms with van der Waals surface area (Å²) in [7, 11) is 1.97. The molecule has 1 heterocycles. The number of nitro groups is 1. The zero-order chi connectivity index (χ0) is 17.5. The first kappa shape index (κ1) is 21.3. The maximum atomic E-state index is 12.4. The van der Waals surface area contributed by atoms with E-state index in [2.05, 4.69) is 15.5 Å². The van der Waals surface area contributed by atoms with Crippen LogP contribution in [0.3, 0.4) is 0 Å². The van der Waals surface area contributed by atoms with Crippen molar-refractivity contribution in [2.24, 2.45) is 5.92 Å². The molecule has 0 radical (unpaired) electrons. The van der Waals surface area contributed by atoms with Crippen LogP contribution in [-0.4, -0.2) is 48.5 Å². The van der Waals surface area contributed by atoms with Gasteiger partial charge in [-0.15, -0.1) is 12.4 Å². The second kappa shape index (κ2) is 10.3. The van der Waals surface area contributed by atoms with Gasteiger partial charge < -0.3 is 10.6 Å². The Labute approximate surface area is 154 Å². The quantitative estimate of drug-likeness (QED) is 0.569. The molecule has 1 aliphatic rings. The minimum absolute atomic E-state index is 0. The minimum atomic E-state index is -0.463. The molecule has 0 aromatic heterocycles. The van der Waals surface area contributed by atoms with Gasteiger partial charge in [-0.3, -0.25) is 19.8 Å². The Balaban J connectivity index is 0.00000312. The first-order valence-electron chi connectivity index (χ1n) is 8.45. The van der Waals surface area contributed by atoms with Crippen LogP contribution in [0.1, 0.15) is 26.2 Å². The summed E-state index contributed by atoms with van der Waals surface area (Å²) in [4.78, 5) is 24.9. The molecule has 140 valence electrons. The van der Waals surface area contributed by atoms with Crippen molar-refractivity contribution in [1.29, 1.82) is 0 Å². The average Bonchev–Trinajstić information content (AvgIpc) is 2.60. The molecule has 1 atom stereocenters. The summed E-state index contributed by atoms with van der Waals surface area (Å²) in [6.45, 7) is 4.75. The van der Waals surface area contributed by atoms with Crippen molar-refractivity contribution in [3.63, 3.8) is 0 Å². The summed E-state index contributed by atoms with van der Waals surface area (Å²) in [5, 5.41) is 16.8. The Morgan fingerprint density at radius 2 is 2.08 bits per heavy atom. The number of benzene rings is 1. The standard InChI is InChI=1S/C17H26N4O3.ClH/c1-13(20-10-7-14(8-11-20)6-9-18-2)17(22)19-15-4-3-5-16(12-15)21(23)24;/h3-5,12-14,18H,6-11H2,1-2H3,(H,19,22);1H. The van der Waals surface area contributed by atoms with Gasteiger partial charge in [0, 0.05) is 17.8 Å². The van der Waals surface area contributed by atoms with Gasteiger partial charge in [0.2, 0.25) is 5.91 Å². The van der Waals surface area contributed by atoms with Gasteiger partial charge in [-0.2, -0.15) is 0 Å². The van der Waals surface area contributed by atoms with Crippen LogP contribution in [-0.2, 0) is 4.79 Å². The second-order valence-electron chi connectivity index (χ2n) is 6.34. The summed E-state index contributed by atoms with van der Waals surface area (Å²) in [6.07, 6.45) is 3.39. The number of carbonyl (C=O) groups excluding carboxylic acids is 1. The van der Waals surface area contributed by atoms with E-state index in [9.17, 15) is 14.9 Å². The van der Waals surface area contributed by atoms with E-state index in [-0.39, 0.29) is 30.0 Å². The number of rotatable bonds is 7. The van der Waals surface area contributed by atoms with Crippen LogP contribution in [0.15, 0.2) is 24.3 Å². The molecule has 1 aromatic rings. The summed E-state index contributed by atoms with van der Waals surface area (Å²) in [5.41, 5.74) is 0.441. The Bertz CT molecular complexity index is 577. The van der Waals surface area contributed by atoms with Crippen molar-refractivity contribution in [3.05, 3.63) is 34.4 Å². The van der Waals surface area contributed by atoms with E-state index in [1.807, 2.05) is 14.0 Å². The molecule has 0 bridgehead atoms. The van der Waals surface area contributed by atoms with Crippen LogP contribution < -0.4 is 10.6 Å². The predicted octanol–water partition coefficient (Wildman–Crippen LogP) is 2.67. The first-order chi connectivity index (χ1) is 11.5. The van der Waals surface area contributed by atoms with Gasteiger partial charge in [-0.25, -0.2) is 0 Å². The van der Waals surface area contributed by atoms with E-state index in [0.29, 0.717) is 5.69 Å². The zero-order valence-corrected chi connectivity index (χ0v) is 15.6. The SMILES string of the molecule is CNCCC1CCN(C(C)C(=O)Nc2cccc([N+](=O)[O-])c2)CC1.Cl. The number of hydrogen-bond donors (Lipinski definition) is 2. The van der Waals surface area contributed by atoms with Crippen LogP contribution in [0, 0.1) is 16.0 Å². The Morgan fingerprint density at radius 3 is 2.68 bits per heavy atom. The van der Waals surface area contributed by atoms with Crippen LogP contribution >= 0.6 is 12.4 Å². The maximum Gasteiger partial charge on any atom is 0.271 e. The van der Waals surface area contributed by atoms with Gasteiger partial charge in [0.1, 0.15) is 0 Å². The molecule has 0 saturated carbocycles. The highest BCUT2D eigenvalue weighted by Gasteiger charge is 2.26. The molecule has 1 aromatic carbocycles. The van der Waals surface area contributed by atoms with E-state index in [1.54, 1.807) is 12.1 Å². The first-order valence-corrected chi connectivity index (χ1v) is 8.45. The number of nitrogens with one attached hydrogen (secondary N) is 2. The lowest BCUT2D eigenvalue weighted by molar-refractivity contribution is -0.384. The number of anilines is 1. The number of amides is 1. The molecule has 0 spiro atoms. The zero-order valence-electron chi connectivity index (χ0n) is 14.7. The molecule has 0 aliphatic carbocycles. The molecule has 1 unspecified atom stereocenters. The lowest BCUT2D eigenvalue weighted by Crippen LogP contribution is -2.46. The van der Waals surface area contributed by atoms with Gasteiger partial charge in [0.25, 0.3) is 5.69 Å². The third kappa shape index (κ3) is 6.26. The number of nitrogens with zero attached hydrogens (tertiary/aromatic N) is 2. The van der Waals surface area contributed by atoms with Gasteiger partial charge in [-0.1, -0.05) is 6.07 Å². The Kier molecular flexibility index (Phi) is 8.82. The van der Waals surface area contributed by atoms with Crippen molar-refractivity contribution >= 4 is 29.7 Å². The molecule has 1 fully saturated rings. The fourth-order valence-electron chi connectivity index (χ4n) is 3.09. The molecule has 2 N–H and O–H groups in total. The third-order valence-corrected chi connectivity index (χ3v) is 4.70. The van der Waals surface area contributed by atoms with Crippen molar-refractivity contribution in [2.45, 2.75) is 32.2 Å². The molecular weight excluding hydrogens is 344 g/mol. The number of hydrogen-bond acceptors (Lipinski definition) is 5. The molecule has 8 heteroatoms. The molecule has 1 aliphatic heterocycles. The van der Waals surface area contributed by atoms with Crippen molar-refractivity contribution in [3.8, 4) is 0 Å². The number of halogens is 1. The van der Waals surface area contributed by atoms with E-state index in [1.165, 1.54) is 18.6 Å². The number of piperidine rings is 1. The number of likely N-dealkylation sites (tertiary alicyclic amines) is 1. The number of non-ortho nitro benzene ring substituents is 1. The highest BCUT2D eigenvalue weighted by molar-refractivity contribution is 5.94. The largest absolute Gasteiger partial charge is 0.324 e. The predicted molar refractivity (Wildman–Crippen MR) is 101 cm³/mol. The Morgan fingerprint density at radius 1 is 1.40 bits per heavy atom. The monoisotopic (exact) mass is 370 g/mol. The van der Waals surface area contributed by atoms with Gasteiger partial charge >= 0.3 is 0 Å². The Hall–Kier alpha value is -1.70. The lowest BCUT2D eigenvalue weighted by Gasteiger charge is -2.35. The molecule has 1 amide bonds. The van der Waals surface area contributed by atoms with Crippen molar-refractivity contribution < 1.29 is 9.72 Å². The maximum absolute atomic E-state index is 12.4. The van der Waals surface area contributed by atoms with Crippen LogP contribution in [0.5, 0.6) is 0 Å². The highest BCUT2D eigenvalue weighted by atomic mass is 35.5. The van der Waals surface area contributed by atoms with E-state index >= 15 is 0 Å². The smallest absolute Gasteiger partial charge is 0.271 e. The van der Waals surface area contributed by atoms with Gasteiger partial charge in [0.15, 0.2) is 0 Å². The molecule has 25 heavy (non-hydrogen) atoms. The van der Waals surface area contributed by atoms with Crippen LogP contribution in [0.4, 0.5) is 11.4 Å². The second-order valence-corrected chi connectivity index (χ2v) is 6.34. The van der Waals surface area contributed by atoms with Gasteiger partial charge in [-0.05, 0) is 64.9 Å². The third-order valence-electron chi connectivity index (χ3n) is 4.70. The van der Waals surface area contributed by atoms with E-state index < -0.39 is 4.92 Å². The number of carbonyl (C=O) groups is 1. The van der Waals surface area contributed by atoms with Gasteiger partial charge in [0.05, 0.1) is 11.0 Å². The fraction of sp³-hybridized carbons (Fsp3) is 0.588. The minimum Gasteiger partial charge on any atom is -0.324 e. The van der Waals surface area contributed by atoms with Crippen molar-refractivity contribution in [1.82, 2.24) is 10.2 Å². The van der Waals surface area contributed by atoms with Crippen LogP contribution in [0.2, 0.25) is 0 Å². The lowest BCUT2D eigenvalue weighted by atomic mass is 9.93. The topological polar surface area (TPSA) is 87.5 Å². The molecule has 7 nitrogen and oxygen atoms in total. The summed E-state index contributed by atoms with van der Waals surface area (Å²) in [5.74, 6) is 0.602. The van der Waals surface area contributed by atoms with E-state index in [4.69, 9.17) is 0 Å². The van der Waals surface area contributed by atoms with Crippen molar-refractivity contribution in [2.75, 3.05) is 32.0 Å². The normalized spacial score (nSPS) is 16.7. The highest BCUT2D eigenvalue weighted by Crippen LogP contribution is 2.22.